The summed E-state index contributed by atoms with van der Waals surface area (Å²) in [5.74, 6) is -2.97. The molecule has 1 amide bonds. The van der Waals surface area contributed by atoms with Crippen molar-refractivity contribution >= 4 is 28.1 Å². The molecule has 0 bridgehead atoms. The van der Waals surface area contributed by atoms with E-state index in [1.165, 1.54) is 11.3 Å². The van der Waals surface area contributed by atoms with Gasteiger partial charge in [-0.05, 0) is 43.9 Å². The average Bonchev–Trinajstić information content (AvgIpc) is 3.29. The second kappa shape index (κ2) is 10.7. The van der Waals surface area contributed by atoms with Crippen molar-refractivity contribution in [1.29, 1.82) is 0 Å². The molecule has 0 saturated carbocycles. The molecule has 2 atom stereocenters. The zero-order valence-corrected chi connectivity index (χ0v) is 21.0. The molecule has 1 saturated heterocycles. The number of pyridine rings is 1. The number of nitrogens with one attached hydrogen (secondary N) is 1. The Morgan fingerprint density at radius 2 is 2.19 bits per heavy atom. The van der Waals surface area contributed by atoms with Gasteiger partial charge in [-0.1, -0.05) is 23.5 Å². The number of hydrogen-bond acceptors (Lipinski definition) is 7. The fourth-order valence-electron chi connectivity index (χ4n) is 4.71. The first-order chi connectivity index (χ1) is 17.3. The van der Waals surface area contributed by atoms with Crippen LogP contribution in [-0.4, -0.2) is 65.1 Å². The summed E-state index contributed by atoms with van der Waals surface area (Å²) >= 11 is 1.37. The van der Waals surface area contributed by atoms with E-state index < -0.39 is 12.5 Å². The van der Waals surface area contributed by atoms with Crippen LogP contribution in [0.5, 0.6) is 5.19 Å². The lowest BCUT2D eigenvalue weighted by atomic mass is 10.0. The summed E-state index contributed by atoms with van der Waals surface area (Å²) in [5.41, 5.74) is 2.36. The van der Waals surface area contributed by atoms with Crippen LogP contribution in [0.2, 0.25) is 0 Å². The number of fused-ring (bicyclic) bond motifs is 2. The number of hydrogen-bond donors (Lipinski definition) is 1. The fraction of sp³-hybridized carbons (Fsp3) is 0.500. The molecule has 2 aliphatic rings. The molecule has 192 valence electrons. The van der Waals surface area contributed by atoms with Crippen LogP contribution in [-0.2, 0) is 17.7 Å². The number of carbonyl (C=O) groups excluding carboxylic acids is 1. The standard InChI is InChI=1S/C26H30F2N4O3S/c1-26(27,28)16-35-25-31-22-14-32(13-10-23(22)36-25)12-9-18-8-7-17(15-34-18)30-24(33)20-4-2-6-21-19(20)5-3-11-29-21/h2-6,11,17-18H,7-10,12-16H2,1H3,(H,30,33)/t17-,18+/m0/s1. The quantitative estimate of drug-likeness (QED) is 0.477. The largest absolute Gasteiger partial charge is 0.464 e. The van der Waals surface area contributed by atoms with E-state index >= 15 is 0 Å². The fourth-order valence-corrected chi connectivity index (χ4v) is 5.61. The number of amides is 1. The molecule has 0 unspecified atom stereocenters. The van der Waals surface area contributed by atoms with Crippen LogP contribution in [0.4, 0.5) is 8.78 Å². The Balaban J connectivity index is 1.06. The number of alkyl halides is 2. The predicted molar refractivity (Wildman–Crippen MR) is 134 cm³/mol. The average molecular weight is 517 g/mol. The summed E-state index contributed by atoms with van der Waals surface area (Å²) in [6.07, 6.45) is 5.39. The Bertz CT molecular complexity index is 1200. The number of ether oxygens (including phenoxy) is 2. The van der Waals surface area contributed by atoms with Crippen LogP contribution >= 0.6 is 11.3 Å². The van der Waals surface area contributed by atoms with Crippen LogP contribution in [0.25, 0.3) is 10.9 Å². The Morgan fingerprint density at radius 1 is 1.31 bits per heavy atom. The molecule has 0 spiro atoms. The van der Waals surface area contributed by atoms with Crippen molar-refractivity contribution in [2.75, 3.05) is 26.3 Å². The Labute approximate surface area is 212 Å². The van der Waals surface area contributed by atoms with Crippen LogP contribution in [0, 0.1) is 0 Å². The van der Waals surface area contributed by atoms with Crippen molar-refractivity contribution in [3.63, 3.8) is 0 Å². The van der Waals surface area contributed by atoms with Gasteiger partial charge >= 0.3 is 0 Å². The first kappa shape index (κ1) is 25.0. The maximum Gasteiger partial charge on any atom is 0.278 e. The van der Waals surface area contributed by atoms with Gasteiger partial charge in [-0.15, -0.1) is 0 Å². The minimum absolute atomic E-state index is 0.0119. The summed E-state index contributed by atoms with van der Waals surface area (Å²) in [4.78, 5) is 25.1. The molecule has 36 heavy (non-hydrogen) atoms. The smallest absolute Gasteiger partial charge is 0.278 e. The van der Waals surface area contributed by atoms with E-state index in [1.807, 2.05) is 30.3 Å². The second-order valence-electron chi connectivity index (χ2n) is 9.60. The molecule has 1 fully saturated rings. The predicted octanol–water partition coefficient (Wildman–Crippen LogP) is 4.45. The molecule has 2 aromatic heterocycles. The number of aromatic nitrogens is 2. The molecule has 2 aliphatic heterocycles. The monoisotopic (exact) mass is 516 g/mol. The van der Waals surface area contributed by atoms with E-state index in [2.05, 4.69) is 20.2 Å². The molecule has 5 rings (SSSR count). The Kier molecular flexibility index (Phi) is 7.45. The molecule has 3 aromatic rings. The van der Waals surface area contributed by atoms with Gasteiger partial charge in [0.1, 0.15) is 0 Å². The molecule has 1 N–H and O–H groups in total. The van der Waals surface area contributed by atoms with E-state index in [0.717, 1.165) is 67.2 Å². The summed E-state index contributed by atoms with van der Waals surface area (Å²) in [5, 5.41) is 4.29. The van der Waals surface area contributed by atoms with Crippen molar-refractivity contribution in [3.8, 4) is 5.19 Å². The number of carbonyl (C=O) groups is 1. The molecular weight excluding hydrogens is 486 g/mol. The number of halogens is 2. The summed E-state index contributed by atoms with van der Waals surface area (Å²) in [6, 6.07) is 9.32. The zero-order chi connectivity index (χ0) is 25.1. The van der Waals surface area contributed by atoms with Gasteiger partial charge in [0.05, 0.1) is 30.0 Å². The molecule has 10 heteroatoms. The highest BCUT2D eigenvalue weighted by Gasteiger charge is 2.27. The molecule has 4 heterocycles. The summed E-state index contributed by atoms with van der Waals surface area (Å²) in [6.45, 7) is 3.17. The number of rotatable bonds is 8. The van der Waals surface area contributed by atoms with E-state index in [9.17, 15) is 13.6 Å². The van der Waals surface area contributed by atoms with Gasteiger partial charge in [-0.3, -0.25) is 14.7 Å². The summed E-state index contributed by atoms with van der Waals surface area (Å²) in [7, 11) is 0. The van der Waals surface area contributed by atoms with Gasteiger partial charge in [0.15, 0.2) is 6.61 Å². The van der Waals surface area contributed by atoms with Gasteiger partial charge in [0.25, 0.3) is 17.0 Å². The number of thiazole rings is 1. The lowest BCUT2D eigenvalue weighted by molar-refractivity contribution is -0.0230. The Hall–Kier alpha value is -2.69. The summed E-state index contributed by atoms with van der Waals surface area (Å²) < 4.78 is 37.4. The van der Waals surface area contributed by atoms with E-state index in [-0.39, 0.29) is 18.1 Å². The van der Waals surface area contributed by atoms with Crippen molar-refractivity contribution < 1.29 is 23.0 Å². The Morgan fingerprint density at radius 3 is 3.00 bits per heavy atom. The normalized spacial score (nSPS) is 20.8. The first-order valence-corrected chi connectivity index (χ1v) is 13.1. The van der Waals surface area contributed by atoms with Gasteiger partial charge in [0.2, 0.25) is 0 Å². The van der Waals surface area contributed by atoms with Gasteiger partial charge in [-0.25, -0.2) is 13.8 Å². The topological polar surface area (TPSA) is 76.6 Å². The molecule has 1 aromatic carbocycles. The third-order valence-corrected chi connectivity index (χ3v) is 7.67. The van der Waals surface area contributed by atoms with Gasteiger partial charge in [-0.2, -0.15) is 0 Å². The van der Waals surface area contributed by atoms with Crippen molar-refractivity contribution in [1.82, 2.24) is 20.2 Å². The number of nitrogens with zero attached hydrogens (tertiary/aromatic N) is 3. The third-order valence-electron chi connectivity index (χ3n) is 6.60. The third kappa shape index (κ3) is 6.16. The van der Waals surface area contributed by atoms with Gasteiger partial charge < -0.3 is 14.8 Å². The van der Waals surface area contributed by atoms with Crippen LogP contribution < -0.4 is 10.1 Å². The van der Waals surface area contributed by atoms with E-state index in [4.69, 9.17) is 9.47 Å². The van der Waals surface area contributed by atoms with Crippen molar-refractivity contribution in [2.45, 2.75) is 57.2 Å². The lowest BCUT2D eigenvalue weighted by Crippen LogP contribution is -2.43. The minimum Gasteiger partial charge on any atom is -0.464 e. The molecule has 7 nitrogen and oxygen atoms in total. The SMILES string of the molecule is CC(F)(F)COc1nc2c(s1)CCN(CC[C@H]1CC[C@H](NC(=O)c3cccc4ncccc34)CO1)C2. The maximum atomic E-state index is 13.1. The zero-order valence-electron chi connectivity index (χ0n) is 20.2. The highest BCUT2D eigenvalue weighted by atomic mass is 32.1. The van der Waals surface area contributed by atoms with E-state index in [1.54, 1.807) is 6.20 Å². The van der Waals surface area contributed by atoms with E-state index in [0.29, 0.717) is 23.9 Å². The first-order valence-electron chi connectivity index (χ1n) is 12.3. The molecule has 0 aliphatic carbocycles. The molecule has 0 radical (unpaired) electrons. The second-order valence-corrected chi connectivity index (χ2v) is 10.6. The highest BCUT2D eigenvalue weighted by molar-refractivity contribution is 7.13. The molecular formula is C26H30F2N4O3S. The van der Waals surface area contributed by atoms with Crippen LogP contribution in [0.15, 0.2) is 36.5 Å². The van der Waals surface area contributed by atoms with Crippen LogP contribution in [0.3, 0.4) is 0 Å². The van der Waals surface area contributed by atoms with Crippen LogP contribution in [0.1, 0.15) is 47.1 Å². The maximum absolute atomic E-state index is 13.1. The highest BCUT2D eigenvalue weighted by Crippen LogP contribution is 2.31. The van der Waals surface area contributed by atoms with Gasteiger partial charge in [0, 0.05) is 48.6 Å². The minimum atomic E-state index is -2.87. The number of benzene rings is 1. The van der Waals surface area contributed by atoms with Crippen molar-refractivity contribution in [2.24, 2.45) is 0 Å². The van der Waals surface area contributed by atoms with Crippen molar-refractivity contribution in [3.05, 3.63) is 52.7 Å². The lowest BCUT2D eigenvalue weighted by Gasteiger charge is -2.32.